The van der Waals surface area contributed by atoms with Gasteiger partial charge in [-0.15, -0.1) is 0 Å². The molecule has 5 atom stereocenters. The normalized spacial score (nSPS) is 49.2. The van der Waals surface area contributed by atoms with Gasteiger partial charge in [-0.2, -0.15) is 0 Å². The topological polar surface area (TPSA) is 107 Å². The van der Waals surface area contributed by atoms with E-state index >= 15 is 0 Å². The highest BCUT2D eigenvalue weighted by Gasteiger charge is 2.40. The van der Waals surface area contributed by atoms with Crippen molar-refractivity contribution in [1.29, 1.82) is 0 Å². The third-order valence-corrected chi connectivity index (χ3v) is 2.43. The van der Waals surface area contributed by atoms with Gasteiger partial charge in [-0.3, -0.25) is 0 Å². The fraction of sp³-hybridized carbons (Fsp3) is 1.00. The third kappa shape index (κ3) is 1.60. The van der Waals surface area contributed by atoms with E-state index in [2.05, 4.69) is 0 Å². The lowest BCUT2D eigenvalue weighted by atomic mass is 9.80. The number of aliphatic hydroxyl groups is 4. The average molecular weight is 177 g/mol. The highest BCUT2D eigenvalue weighted by Crippen LogP contribution is 2.24. The summed E-state index contributed by atoms with van der Waals surface area (Å²) in [4.78, 5) is 0. The van der Waals surface area contributed by atoms with Gasteiger partial charge in [-0.25, -0.2) is 0 Å². The molecule has 0 heterocycles. The van der Waals surface area contributed by atoms with Crippen LogP contribution in [0, 0.1) is 5.92 Å². The van der Waals surface area contributed by atoms with Crippen molar-refractivity contribution in [3.05, 3.63) is 0 Å². The van der Waals surface area contributed by atoms with Crippen molar-refractivity contribution in [1.82, 2.24) is 0 Å². The molecule has 5 nitrogen and oxygen atoms in total. The summed E-state index contributed by atoms with van der Waals surface area (Å²) in [5.74, 6) is -0.432. The van der Waals surface area contributed by atoms with Crippen molar-refractivity contribution >= 4 is 0 Å². The van der Waals surface area contributed by atoms with Gasteiger partial charge in [-0.05, 0) is 6.42 Å². The van der Waals surface area contributed by atoms with E-state index in [1.54, 1.807) is 0 Å². The van der Waals surface area contributed by atoms with Crippen LogP contribution in [0.15, 0.2) is 0 Å². The van der Waals surface area contributed by atoms with E-state index in [9.17, 15) is 15.3 Å². The van der Waals surface area contributed by atoms with Crippen molar-refractivity contribution in [3.8, 4) is 0 Å². The Kier molecular flexibility index (Phi) is 3.03. The molecule has 1 saturated carbocycles. The predicted octanol–water partition coefficient (Wildman–Crippen LogP) is -2.59. The second-order valence-electron chi connectivity index (χ2n) is 3.31. The maximum atomic E-state index is 9.30. The Balaban J connectivity index is 2.63. The van der Waals surface area contributed by atoms with Crippen LogP contribution in [0.3, 0.4) is 0 Å². The molecule has 1 aliphatic rings. The summed E-state index contributed by atoms with van der Waals surface area (Å²) >= 11 is 0. The lowest BCUT2D eigenvalue weighted by Crippen LogP contribution is -2.57. The first-order chi connectivity index (χ1) is 5.57. The summed E-state index contributed by atoms with van der Waals surface area (Å²) in [6, 6.07) is -0.569. The molecule has 72 valence electrons. The first-order valence-corrected chi connectivity index (χ1v) is 3.98. The predicted molar refractivity (Wildman–Crippen MR) is 41.2 cm³/mol. The second-order valence-corrected chi connectivity index (χ2v) is 3.31. The molecule has 0 aliphatic heterocycles. The lowest BCUT2D eigenvalue weighted by molar-refractivity contribution is -0.125. The van der Waals surface area contributed by atoms with Crippen LogP contribution >= 0.6 is 0 Å². The molecular weight excluding hydrogens is 162 g/mol. The first-order valence-electron chi connectivity index (χ1n) is 3.98. The van der Waals surface area contributed by atoms with Crippen LogP contribution < -0.4 is 5.73 Å². The zero-order valence-corrected chi connectivity index (χ0v) is 6.67. The summed E-state index contributed by atoms with van der Waals surface area (Å²) in [5.41, 5.74) is 5.46. The van der Waals surface area contributed by atoms with E-state index in [1.807, 2.05) is 0 Å². The number of hydrogen-bond donors (Lipinski definition) is 5. The molecule has 5 heteroatoms. The first kappa shape index (κ1) is 9.88. The quantitative estimate of drug-likeness (QED) is 0.302. The number of nitrogens with two attached hydrogens (primary N) is 1. The molecule has 0 unspecified atom stereocenters. The average Bonchev–Trinajstić information content (AvgIpc) is 2.08. The van der Waals surface area contributed by atoms with E-state index in [-0.39, 0.29) is 6.61 Å². The van der Waals surface area contributed by atoms with Gasteiger partial charge < -0.3 is 26.2 Å². The van der Waals surface area contributed by atoms with Crippen molar-refractivity contribution in [2.24, 2.45) is 11.7 Å². The molecule has 0 bridgehead atoms. The minimum absolute atomic E-state index is 0.224. The van der Waals surface area contributed by atoms with Gasteiger partial charge in [0.2, 0.25) is 0 Å². The van der Waals surface area contributed by atoms with Crippen LogP contribution in [-0.2, 0) is 0 Å². The largest absolute Gasteiger partial charge is 0.396 e. The fourth-order valence-electron chi connectivity index (χ4n) is 1.55. The minimum atomic E-state index is -1.24. The zero-order chi connectivity index (χ0) is 9.30. The SMILES string of the molecule is N[C@H]1C[C@H](CO)[C@H](O)[C@H](O)[C@H]1O. The number of rotatable bonds is 1. The van der Waals surface area contributed by atoms with E-state index in [0.717, 1.165) is 0 Å². The Hall–Kier alpha value is -0.200. The van der Waals surface area contributed by atoms with Gasteiger partial charge in [0.25, 0.3) is 0 Å². The van der Waals surface area contributed by atoms with Gasteiger partial charge in [0, 0.05) is 18.6 Å². The Labute approximate surface area is 70.4 Å². The smallest absolute Gasteiger partial charge is 0.108 e. The molecule has 12 heavy (non-hydrogen) atoms. The molecule has 0 radical (unpaired) electrons. The van der Waals surface area contributed by atoms with Crippen LogP contribution in [0.4, 0.5) is 0 Å². The van der Waals surface area contributed by atoms with Gasteiger partial charge in [0.1, 0.15) is 6.10 Å². The molecule has 1 rings (SSSR count). The summed E-state index contributed by atoms with van der Waals surface area (Å²) < 4.78 is 0. The second kappa shape index (κ2) is 3.68. The van der Waals surface area contributed by atoms with E-state index in [1.165, 1.54) is 0 Å². The van der Waals surface area contributed by atoms with Crippen molar-refractivity contribution in [2.75, 3.05) is 6.61 Å². The van der Waals surface area contributed by atoms with E-state index in [4.69, 9.17) is 10.8 Å². The van der Waals surface area contributed by atoms with Crippen LogP contribution in [0.25, 0.3) is 0 Å². The zero-order valence-electron chi connectivity index (χ0n) is 6.67. The van der Waals surface area contributed by atoms with Crippen LogP contribution in [-0.4, -0.2) is 51.4 Å². The number of hydrogen-bond acceptors (Lipinski definition) is 5. The molecule has 0 spiro atoms. The monoisotopic (exact) mass is 177 g/mol. The Morgan fingerprint density at radius 3 is 2.17 bits per heavy atom. The van der Waals surface area contributed by atoms with Crippen molar-refractivity contribution in [2.45, 2.75) is 30.8 Å². The Morgan fingerprint density at radius 1 is 1.08 bits per heavy atom. The lowest BCUT2D eigenvalue weighted by Gasteiger charge is -2.38. The third-order valence-electron chi connectivity index (χ3n) is 2.43. The van der Waals surface area contributed by atoms with Gasteiger partial charge >= 0.3 is 0 Å². The molecular formula is C7H15NO4. The van der Waals surface area contributed by atoms with Gasteiger partial charge in [0.05, 0.1) is 12.2 Å². The van der Waals surface area contributed by atoms with Crippen LogP contribution in [0.5, 0.6) is 0 Å². The van der Waals surface area contributed by atoms with Crippen molar-refractivity contribution < 1.29 is 20.4 Å². The highest BCUT2D eigenvalue weighted by molar-refractivity contribution is 4.94. The summed E-state index contributed by atoms with van der Waals surface area (Å²) in [6.45, 7) is -0.224. The molecule has 1 fully saturated rings. The van der Waals surface area contributed by atoms with E-state index < -0.39 is 30.3 Å². The van der Waals surface area contributed by atoms with Crippen LogP contribution in [0.2, 0.25) is 0 Å². The molecule has 0 amide bonds. The van der Waals surface area contributed by atoms with Crippen molar-refractivity contribution in [3.63, 3.8) is 0 Å². The maximum absolute atomic E-state index is 9.30. The highest BCUT2D eigenvalue weighted by atomic mass is 16.4. The van der Waals surface area contributed by atoms with Gasteiger partial charge in [0.15, 0.2) is 0 Å². The minimum Gasteiger partial charge on any atom is -0.396 e. The Morgan fingerprint density at radius 2 is 1.67 bits per heavy atom. The summed E-state index contributed by atoms with van der Waals surface area (Å²) in [7, 11) is 0. The maximum Gasteiger partial charge on any atom is 0.108 e. The Bertz CT molecular complexity index is 150. The molecule has 0 aromatic heterocycles. The fourth-order valence-corrected chi connectivity index (χ4v) is 1.55. The summed E-state index contributed by atoms with van der Waals surface area (Å²) in [5, 5.41) is 36.5. The molecule has 0 aromatic rings. The molecule has 6 N–H and O–H groups in total. The standard InChI is InChI=1S/C7H15NO4/c8-4-1-3(2-9)5(10)7(12)6(4)11/h3-7,9-12H,1-2,8H2/t3-,4+,5+,6+,7+/m1/s1. The van der Waals surface area contributed by atoms with E-state index in [0.29, 0.717) is 6.42 Å². The van der Waals surface area contributed by atoms with Crippen LogP contribution in [0.1, 0.15) is 6.42 Å². The molecule has 0 aromatic carbocycles. The molecule has 0 saturated heterocycles. The number of aliphatic hydroxyl groups excluding tert-OH is 4. The van der Waals surface area contributed by atoms with Gasteiger partial charge in [-0.1, -0.05) is 0 Å². The molecule has 1 aliphatic carbocycles. The summed E-state index contributed by atoms with van der Waals surface area (Å²) in [6.07, 6.45) is -3.09.